The van der Waals surface area contributed by atoms with Crippen LogP contribution < -0.4 is 10.1 Å². The molecule has 0 saturated heterocycles. The number of hydrogen-bond acceptors (Lipinski definition) is 4. The molecule has 0 aliphatic rings. The van der Waals surface area contributed by atoms with Gasteiger partial charge in [0.15, 0.2) is 0 Å². The first kappa shape index (κ1) is 17.2. The van der Waals surface area contributed by atoms with E-state index in [0.717, 1.165) is 10.0 Å². The SMILES string of the molecule is COC(=O)CC(C)NC(=O)/C=C/c1cc(Br)ccc1OC. The van der Waals surface area contributed by atoms with Crippen LogP contribution in [0.15, 0.2) is 28.7 Å². The normalized spacial score (nSPS) is 12.0. The summed E-state index contributed by atoms with van der Waals surface area (Å²) in [6.07, 6.45) is 3.19. The highest BCUT2D eigenvalue weighted by molar-refractivity contribution is 9.10. The highest BCUT2D eigenvalue weighted by atomic mass is 79.9. The molecule has 1 atom stereocenters. The summed E-state index contributed by atoms with van der Waals surface area (Å²) in [7, 11) is 2.88. The molecular formula is C15H18BrNO4. The van der Waals surface area contributed by atoms with E-state index in [1.165, 1.54) is 13.2 Å². The predicted molar refractivity (Wildman–Crippen MR) is 84.0 cm³/mol. The van der Waals surface area contributed by atoms with Crippen LogP contribution in [0.25, 0.3) is 6.08 Å². The lowest BCUT2D eigenvalue weighted by molar-refractivity contribution is -0.141. The lowest BCUT2D eigenvalue weighted by Gasteiger charge is -2.10. The molecule has 0 aliphatic carbocycles. The maximum Gasteiger partial charge on any atom is 0.307 e. The number of halogens is 1. The van der Waals surface area contributed by atoms with Crippen molar-refractivity contribution in [3.63, 3.8) is 0 Å². The summed E-state index contributed by atoms with van der Waals surface area (Å²) in [6.45, 7) is 1.74. The standard InChI is InChI=1S/C15H18BrNO4/c1-10(8-15(19)21-3)17-14(18)7-4-11-9-12(16)5-6-13(11)20-2/h4-7,9-10H,8H2,1-3H3,(H,17,18)/b7-4+. The highest BCUT2D eigenvalue weighted by Crippen LogP contribution is 2.23. The van der Waals surface area contributed by atoms with E-state index >= 15 is 0 Å². The van der Waals surface area contributed by atoms with Gasteiger partial charge in [0.25, 0.3) is 0 Å². The van der Waals surface area contributed by atoms with Crippen molar-refractivity contribution >= 4 is 33.9 Å². The summed E-state index contributed by atoms with van der Waals surface area (Å²) in [6, 6.07) is 5.22. The molecule has 21 heavy (non-hydrogen) atoms. The Morgan fingerprint density at radius 3 is 2.71 bits per heavy atom. The quantitative estimate of drug-likeness (QED) is 0.629. The van der Waals surface area contributed by atoms with Gasteiger partial charge in [0.1, 0.15) is 5.75 Å². The largest absolute Gasteiger partial charge is 0.496 e. The Morgan fingerprint density at radius 2 is 2.10 bits per heavy atom. The number of amides is 1. The number of carbonyl (C=O) groups is 2. The van der Waals surface area contributed by atoms with Gasteiger partial charge in [-0.25, -0.2) is 0 Å². The third-order valence-corrected chi connectivity index (χ3v) is 3.19. The Bertz CT molecular complexity index is 542. The zero-order valence-corrected chi connectivity index (χ0v) is 13.8. The third-order valence-electron chi connectivity index (χ3n) is 2.70. The van der Waals surface area contributed by atoms with Crippen LogP contribution in [0.3, 0.4) is 0 Å². The average Bonchev–Trinajstić information content (AvgIpc) is 2.44. The van der Waals surface area contributed by atoms with Gasteiger partial charge in [0.2, 0.25) is 5.91 Å². The van der Waals surface area contributed by atoms with Crippen molar-refractivity contribution in [3.8, 4) is 5.75 Å². The number of hydrogen-bond donors (Lipinski definition) is 1. The van der Waals surface area contributed by atoms with Crippen LogP contribution in [0, 0.1) is 0 Å². The molecule has 0 bridgehead atoms. The first-order valence-electron chi connectivity index (χ1n) is 6.35. The van der Waals surface area contributed by atoms with Crippen LogP contribution in [0.4, 0.5) is 0 Å². The number of esters is 1. The maximum absolute atomic E-state index is 11.8. The minimum Gasteiger partial charge on any atom is -0.496 e. The van der Waals surface area contributed by atoms with E-state index in [1.54, 1.807) is 20.1 Å². The fraction of sp³-hybridized carbons (Fsp3) is 0.333. The highest BCUT2D eigenvalue weighted by Gasteiger charge is 2.10. The van der Waals surface area contributed by atoms with Crippen molar-refractivity contribution in [2.75, 3.05) is 14.2 Å². The molecule has 1 rings (SSSR count). The lowest BCUT2D eigenvalue weighted by atomic mass is 10.2. The molecule has 0 heterocycles. The molecular weight excluding hydrogens is 338 g/mol. The van der Waals surface area contributed by atoms with Crippen LogP contribution >= 0.6 is 15.9 Å². The minimum absolute atomic E-state index is 0.135. The van der Waals surface area contributed by atoms with Crippen molar-refractivity contribution in [2.24, 2.45) is 0 Å². The van der Waals surface area contributed by atoms with Gasteiger partial charge >= 0.3 is 5.97 Å². The first-order chi connectivity index (χ1) is 9.96. The maximum atomic E-state index is 11.8. The summed E-state index contributed by atoms with van der Waals surface area (Å²) in [5.41, 5.74) is 0.780. The Morgan fingerprint density at radius 1 is 1.38 bits per heavy atom. The van der Waals surface area contributed by atoms with Crippen molar-refractivity contribution in [1.82, 2.24) is 5.32 Å². The van der Waals surface area contributed by atoms with Gasteiger partial charge in [-0.15, -0.1) is 0 Å². The number of carbonyl (C=O) groups excluding carboxylic acids is 2. The van der Waals surface area contributed by atoms with Gasteiger partial charge in [0.05, 0.1) is 20.6 Å². The summed E-state index contributed by atoms with van der Waals surface area (Å²) in [5.74, 6) is 0.0266. The first-order valence-corrected chi connectivity index (χ1v) is 7.14. The van der Waals surface area contributed by atoms with Crippen molar-refractivity contribution in [2.45, 2.75) is 19.4 Å². The van der Waals surface area contributed by atoms with E-state index in [-0.39, 0.29) is 24.3 Å². The monoisotopic (exact) mass is 355 g/mol. The van der Waals surface area contributed by atoms with Gasteiger partial charge in [-0.3, -0.25) is 9.59 Å². The zero-order chi connectivity index (χ0) is 15.8. The number of methoxy groups -OCH3 is 2. The Labute approximate surface area is 132 Å². The van der Waals surface area contributed by atoms with E-state index < -0.39 is 0 Å². The van der Waals surface area contributed by atoms with Crippen LogP contribution in [-0.4, -0.2) is 32.1 Å². The predicted octanol–water partition coefficient (Wildman–Crippen LogP) is 2.54. The second-order valence-corrected chi connectivity index (χ2v) is 5.33. The van der Waals surface area contributed by atoms with Gasteiger partial charge < -0.3 is 14.8 Å². The van der Waals surface area contributed by atoms with Gasteiger partial charge in [-0.2, -0.15) is 0 Å². The zero-order valence-electron chi connectivity index (χ0n) is 12.2. The summed E-state index contributed by atoms with van der Waals surface area (Å²) in [5, 5.41) is 2.69. The summed E-state index contributed by atoms with van der Waals surface area (Å²) >= 11 is 3.37. The van der Waals surface area contributed by atoms with Crippen LogP contribution in [0.1, 0.15) is 18.9 Å². The van der Waals surface area contributed by atoms with E-state index in [2.05, 4.69) is 26.0 Å². The average molecular weight is 356 g/mol. The summed E-state index contributed by atoms with van der Waals surface area (Å²) < 4.78 is 10.7. The number of ether oxygens (including phenoxy) is 2. The molecule has 1 amide bonds. The van der Waals surface area contributed by atoms with Crippen LogP contribution in [0.2, 0.25) is 0 Å². The minimum atomic E-state index is -0.361. The Balaban J connectivity index is 2.66. The Hall–Kier alpha value is -1.82. The molecule has 0 saturated carbocycles. The number of benzene rings is 1. The Kier molecular flexibility index (Phi) is 6.94. The molecule has 0 spiro atoms. The van der Waals surface area contributed by atoms with Crippen molar-refractivity contribution in [1.29, 1.82) is 0 Å². The molecule has 1 unspecified atom stereocenters. The molecule has 1 aromatic rings. The van der Waals surface area contributed by atoms with E-state index in [0.29, 0.717) is 5.75 Å². The number of nitrogens with one attached hydrogen (secondary N) is 1. The fourth-order valence-corrected chi connectivity index (χ4v) is 2.06. The second-order valence-electron chi connectivity index (χ2n) is 4.41. The lowest BCUT2D eigenvalue weighted by Crippen LogP contribution is -2.33. The fourth-order valence-electron chi connectivity index (χ4n) is 1.68. The van der Waals surface area contributed by atoms with E-state index in [1.807, 2.05) is 18.2 Å². The molecule has 0 radical (unpaired) electrons. The van der Waals surface area contributed by atoms with Crippen LogP contribution in [0.5, 0.6) is 5.75 Å². The van der Waals surface area contributed by atoms with Crippen LogP contribution in [-0.2, 0) is 14.3 Å². The van der Waals surface area contributed by atoms with Gasteiger partial charge in [0, 0.05) is 22.2 Å². The smallest absolute Gasteiger partial charge is 0.307 e. The topological polar surface area (TPSA) is 64.6 Å². The van der Waals surface area contributed by atoms with Gasteiger partial charge in [-0.05, 0) is 31.2 Å². The third kappa shape index (κ3) is 5.99. The number of rotatable bonds is 6. The van der Waals surface area contributed by atoms with Gasteiger partial charge in [-0.1, -0.05) is 15.9 Å². The second kappa shape index (κ2) is 8.46. The van der Waals surface area contributed by atoms with Crippen molar-refractivity contribution < 1.29 is 19.1 Å². The van der Waals surface area contributed by atoms with E-state index in [4.69, 9.17) is 4.74 Å². The molecule has 0 aliphatic heterocycles. The molecule has 114 valence electrons. The molecule has 0 aromatic heterocycles. The molecule has 1 N–H and O–H groups in total. The molecule has 5 nitrogen and oxygen atoms in total. The summed E-state index contributed by atoms with van der Waals surface area (Å²) in [4.78, 5) is 22.9. The molecule has 1 aromatic carbocycles. The molecule has 6 heteroatoms. The van der Waals surface area contributed by atoms with Crippen molar-refractivity contribution in [3.05, 3.63) is 34.3 Å². The molecule has 0 fully saturated rings. The van der Waals surface area contributed by atoms with E-state index in [9.17, 15) is 9.59 Å².